The van der Waals surface area contributed by atoms with Crippen molar-refractivity contribution in [3.63, 3.8) is 0 Å². The van der Waals surface area contributed by atoms with Gasteiger partial charge in [0.2, 0.25) is 5.95 Å². The molecule has 0 atom stereocenters. The van der Waals surface area contributed by atoms with E-state index in [0.29, 0.717) is 12.5 Å². The second-order valence-electron chi connectivity index (χ2n) is 5.55. The van der Waals surface area contributed by atoms with Crippen LogP contribution in [0.25, 0.3) is 22.0 Å². The molecule has 0 amide bonds. The minimum Gasteiger partial charge on any atom is -0.350 e. The van der Waals surface area contributed by atoms with Crippen LogP contribution in [0.3, 0.4) is 0 Å². The molecular weight excluding hydrogens is 332 g/mol. The summed E-state index contributed by atoms with van der Waals surface area (Å²) in [6.07, 6.45) is 5.53. The quantitative estimate of drug-likeness (QED) is 0.597. The third-order valence-electron chi connectivity index (χ3n) is 3.65. The maximum Gasteiger partial charge on any atom is 0.223 e. The van der Waals surface area contributed by atoms with Crippen LogP contribution in [0, 0.1) is 0 Å². The van der Waals surface area contributed by atoms with Crippen molar-refractivity contribution in [2.75, 3.05) is 5.32 Å². The molecule has 1 aromatic carbocycles. The molecule has 4 rings (SSSR count). The standard InChI is InChI=1S/C18H16N6S/c1-24-11-13(10-21-24)9-20-18-19-8-7-15(23-18)16-12-25-17(22-16)14-5-3-2-4-6-14/h2-8,10-12H,9H2,1H3,(H,19,20,23). The molecule has 0 radical (unpaired) electrons. The van der Waals surface area contributed by atoms with Crippen molar-refractivity contribution in [3.05, 3.63) is 65.9 Å². The number of nitrogens with one attached hydrogen (secondary N) is 1. The largest absolute Gasteiger partial charge is 0.350 e. The number of anilines is 1. The highest BCUT2D eigenvalue weighted by Crippen LogP contribution is 2.27. The van der Waals surface area contributed by atoms with Crippen LogP contribution < -0.4 is 5.32 Å². The van der Waals surface area contributed by atoms with Crippen LogP contribution in [0.5, 0.6) is 0 Å². The van der Waals surface area contributed by atoms with E-state index >= 15 is 0 Å². The monoisotopic (exact) mass is 348 g/mol. The van der Waals surface area contributed by atoms with E-state index in [4.69, 9.17) is 4.98 Å². The summed E-state index contributed by atoms with van der Waals surface area (Å²) in [7, 11) is 1.90. The molecule has 0 saturated heterocycles. The van der Waals surface area contributed by atoms with Gasteiger partial charge in [-0.2, -0.15) is 5.10 Å². The fraction of sp³-hybridized carbons (Fsp3) is 0.111. The summed E-state index contributed by atoms with van der Waals surface area (Å²) < 4.78 is 1.77. The summed E-state index contributed by atoms with van der Waals surface area (Å²) in [5.41, 5.74) is 3.86. The predicted octanol–water partition coefficient (Wildman–Crippen LogP) is 3.61. The first kappa shape index (κ1) is 15.5. The van der Waals surface area contributed by atoms with Gasteiger partial charge in [-0.05, 0) is 6.07 Å². The van der Waals surface area contributed by atoms with Gasteiger partial charge in [-0.3, -0.25) is 4.68 Å². The van der Waals surface area contributed by atoms with E-state index < -0.39 is 0 Å². The van der Waals surface area contributed by atoms with Crippen molar-refractivity contribution in [1.29, 1.82) is 0 Å². The number of hydrogen-bond acceptors (Lipinski definition) is 6. The van der Waals surface area contributed by atoms with Crippen LogP contribution >= 0.6 is 11.3 Å². The maximum atomic E-state index is 4.70. The lowest BCUT2D eigenvalue weighted by molar-refractivity contribution is 0.767. The number of aromatic nitrogens is 5. The van der Waals surface area contributed by atoms with E-state index in [0.717, 1.165) is 27.5 Å². The van der Waals surface area contributed by atoms with Gasteiger partial charge in [-0.25, -0.2) is 15.0 Å². The number of benzene rings is 1. The molecule has 0 spiro atoms. The first-order chi connectivity index (χ1) is 12.3. The Labute approximate surface area is 149 Å². The Hall–Kier alpha value is -3.06. The highest BCUT2D eigenvalue weighted by atomic mass is 32.1. The number of aryl methyl sites for hydroxylation is 1. The Morgan fingerprint density at radius 1 is 1.08 bits per heavy atom. The third kappa shape index (κ3) is 3.56. The molecular formula is C18H16N6S. The lowest BCUT2D eigenvalue weighted by atomic mass is 10.2. The zero-order chi connectivity index (χ0) is 17.1. The van der Waals surface area contributed by atoms with Crippen LogP contribution in [0.2, 0.25) is 0 Å². The van der Waals surface area contributed by atoms with Crippen LogP contribution in [0.15, 0.2) is 60.4 Å². The van der Waals surface area contributed by atoms with Gasteiger partial charge in [0, 0.05) is 42.5 Å². The summed E-state index contributed by atoms with van der Waals surface area (Å²) >= 11 is 1.61. The molecule has 6 nitrogen and oxygen atoms in total. The lowest BCUT2D eigenvalue weighted by Gasteiger charge is -2.04. The van der Waals surface area contributed by atoms with E-state index in [1.807, 2.05) is 49.1 Å². The molecule has 0 bridgehead atoms. The molecule has 3 aromatic heterocycles. The molecule has 25 heavy (non-hydrogen) atoms. The van der Waals surface area contributed by atoms with Crippen LogP contribution in [0.4, 0.5) is 5.95 Å². The highest BCUT2D eigenvalue weighted by Gasteiger charge is 2.09. The van der Waals surface area contributed by atoms with Gasteiger partial charge in [0.05, 0.1) is 11.9 Å². The Balaban J connectivity index is 1.52. The lowest BCUT2D eigenvalue weighted by Crippen LogP contribution is -2.03. The van der Waals surface area contributed by atoms with Gasteiger partial charge in [-0.1, -0.05) is 30.3 Å². The molecule has 0 aliphatic rings. The summed E-state index contributed by atoms with van der Waals surface area (Å²) in [4.78, 5) is 13.5. The second kappa shape index (κ2) is 6.82. The van der Waals surface area contributed by atoms with E-state index in [1.165, 1.54) is 0 Å². The Morgan fingerprint density at radius 2 is 1.96 bits per heavy atom. The number of rotatable bonds is 5. The third-order valence-corrected chi connectivity index (χ3v) is 4.54. The molecule has 1 N–H and O–H groups in total. The normalized spacial score (nSPS) is 10.8. The average Bonchev–Trinajstić information content (AvgIpc) is 3.30. The van der Waals surface area contributed by atoms with E-state index in [1.54, 1.807) is 22.2 Å². The molecule has 0 aliphatic carbocycles. The van der Waals surface area contributed by atoms with Crippen LogP contribution in [0.1, 0.15) is 5.56 Å². The van der Waals surface area contributed by atoms with Gasteiger partial charge in [0.15, 0.2) is 0 Å². The van der Waals surface area contributed by atoms with E-state index in [-0.39, 0.29) is 0 Å². The van der Waals surface area contributed by atoms with Crippen molar-refractivity contribution in [2.45, 2.75) is 6.54 Å². The molecule has 3 heterocycles. The second-order valence-corrected chi connectivity index (χ2v) is 6.40. The van der Waals surface area contributed by atoms with Crippen molar-refractivity contribution in [3.8, 4) is 22.0 Å². The molecule has 4 aromatic rings. The van der Waals surface area contributed by atoms with Crippen molar-refractivity contribution < 1.29 is 0 Å². The molecule has 0 fully saturated rings. The van der Waals surface area contributed by atoms with E-state index in [9.17, 15) is 0 Å². The summed E-state index contributed by atoms with van der Waals surface area (Å²) in [5.74, 6) is 0.579. The summed E-state index contributed by atoms with van der Waals surface area (Å²) in [5, 5.41) is 10.4. The molecule has 0 unspecified atom stereocenters. The highest BCUT2D eigenvalue weighted by molar-refractivity contribution is 7.13. The Morgan fingerprint density at radius 3 is 2.76 bits per heavy atom. The summed E-state index contributed by atoms with van der Waals surface area (Å²) in [6, 6.07) is 12.0. The minimum absolute atomic E-state index is 0.579. The molecule has 7 heteroatoms. The zero-order valence-electron chi connectivity index (χ0n) is 13.6. The Bertz CT molecular complexity index is 976. The number of hydrogen-bond donors (Lipinski definition) is 1. The first-order valence-electron chi connectivity index (χ1n) is 7.84. The van der Waals surface area contributed by atoms with Gasteiger partial charge in [-0.15, -0.1) is 11.3 Å². The molecule has 124 valence electrons. The summed E-state index contributed by atoms with van der Waals surface area (Å²) in [6.45, 7) is 0.629. The number of nitrogens with zero attached hydrogens (tertiary/aromatic N) is 5. The fourth-order valence-corrected chi connectivity index (χ4v) is 3.26. The predicted molar refractivity (Wildman–Crippen MR) is 99.1 cm³/mol. The van der Waals surface area contributed by atoms with Crippen molar-refractivity contribution >= 4 is 17.3 Å². The van der Waals surface area contributed by atoms with E-state index in [2.05, 4.69) is 32.5 Å². The smallest absolute Gasteiger partial charge is 0.223 e. The fourth-order valence-electron chi connectivity index (χ4n) is 2.44. The molecule has 0 aliphatic heterocycles. The zero-order valence-corrected chi connectivity index (χ0v) is 14.4. The maximum absolute atomic E-state index is 4.70. The average molecular weight is 348 g/mol. The van der Waals surface area contributed by atoms with Crippen molar-refractivity contribution in [1.82, 2.24) is 24.7 Å². The van der Waals surface area contributed by atoms with Gasteiger partial charge >= 0.3 is 0 Å². The first-order valence-corrected chi connectivity index (χ1v) is 8.72. The SMILES string of the molecule is Cn1cc(CNc2nccc(-c3csc(-c4ccccc4)n3)n2)cn1. The molecule has 0 saturated carbocycles. The Kier molecular flexibility index (Phi) is 4.22. The van der Waals surface area contributed by atoms with Crippen molar-refractivity contribution in [2.24, 2.45) is 7.05 Å². The van der Waals surface area contributed by atoms with Crippen LogP contribution in [-0.2, 0) is 13.6 Å². The van der Waals surface area contributed by atoms with Gasteiger partial charge < -0.3 is 5.32 Å². The topological polar surface area (TPSA) is 68.5 Å². The minimum atomic E-state index is 0.579. The van der Waals surface area contributed by atoms with Gasteiger partial charge in [0.25, 0.3) is 0 Å². The van der Waals surface area contributed by atoms with Gasteiger partial charge in [0.1, 0.15) is 10.7 Å². The number of thiazole rings is 1. The van der Waals surface area contributed by atoms with Crippen LogP contribution in [-0.4, -0.2) is 24.7 Å².